The number of anilines is 2. The van der Waals surface area contributed by atoms with Gasteiger partial charge in [0.15, 0.2) is 17.3 Å². The largest absolute Gasteiger partial charge is 0.487 e. The van der Waals surface area contributed by atoms with Gasteiger partial charge in [0.25, 0.3) is 11.9 Å². The maximum absolute atomic E-state index is 14.5. The number of carbonyl (C=O) groups excluding carboxylic acids is 1. The molecule has 33 heavy (non-hydrogen) atoms. The predicted octanol–water partition coefficient (Wildman–Crippen LogP) is 4.80. The summed E-state index contributed by atoms with van der Waals surface area (Å²) >= 11 is 0. The van der Waals surface area contributed by atoms with Gasteiger partial charge in [-0.25, -0.2) is 4.39 Å². The van der Waals surface area contributed by atoms with Crippen LogP contribution >= 0.6 is 0 Å². The molecule has 0 bridgehead atoms. The molecule has 1 amide bonds. The molecule has 10 heteroatoms. The molecule has 1 aromatic heterocycles. The lowest BCUT2D eigenvalue weighted by molar-refractivity contribution is -0.130. The van der Waals surface area contributed by atoms with Gasteiger partial charge in [-0.15, -0.1) is 0 Å². The number of aromatic nitrogens is 1. The molecule has 3 aliphatic carbocycles. The maximum Gasteiger partial charge on any atom is 0.396 e. The molecular weight excluding hydrogens is 442 g/mol. The number of nitrogens with one attached hydrogen (secondary N) is 1. The van der Waals surface area contributed by atoms with E-state index < -0.39 is 35.8 Å². The Bertz CT molecular complexity index is 1080. The van der Waals surface area contributed by atoms with Crippen molar-refractivity contribution in [3.63, 3.8) is 0 Å². The van der Waals surface area contributed by atoms with E-state index in [-0.39, 0.29) is 23.6 Å². The lowest BCUT2D eigenvalue weighted by atomic mass is 10.2. The van der Waals surface area contributed by atoms with Gasteiger partial charge < -0.3 is 19.4 Å². The molecule has 0 spiro atoms. The number of alkyl halides is 3. The summed E-state index contributed by atoms with van der Waals surface area (Å²) in [6.07, 6.45) is -1.79. The van der Waals surface area contributed by atoms with Crippen LogP contribution in [0.4, 0.5) is 29.3 Å². The molecule has 4 fully saturated rings. The van der Waals surface area contributed by atoms with Crippen LogP contribution in [0.15, 0.2) is 22.6 Å². The minimum Gasteiger partial charge on any atom is -0.487 e. The Kier molecular flexibility index (Phi) is 4.64. The van der Waals surface area contributed by atoms with Gasteiger partial charge >= 0.3 is 6.18 Å². The number of hydrogen-bond donors (Lipinski definition) is 1. The van der Waals surface area contributed by atoms with Crippen LogP contribution in [0.2, 0.25) is 0 Å². The van der Waals surface area contributed by atoms with Gasteiger partial charge in [0.2, 0.25) is 0 Å². The molecule has 4 unspecified atom stereocenters. The van der Waals surface area contributed by atoms with Crippen molar-refractivity contribution in [3.8, 4) is 5.75 Å². The number of benzene rings is 1. The van der Waals surface area contributed by atoms with Crippen molar-refractivity contribution in [1.82, 2.24) is 4.98 Å². The first-order valence-corrected chi connectivity index (χ1v) is 11.3. The zero-order chi connectivity index (χ0) is 22.9. The second-order valence-electron chi connectivity index (χ2n) is 9.79. The summed E-state index contributed by atoms with van der Waals surface area (Å²) < 4.78 is 64.9. The fraction of sp³-hybridized carbons (Fsp3) is 0.565. The number of amides is 1. The number of piperidine rings is 1. The first kappa shape index (κ1) is 20.8. The number of oxazole rings is 1. The number of carbonyl (C=O) groups is 1. The van der Waals surface area contributed by atoms with Gasteiger partial charge in [-0.3, -0.25) is 4.79 Å². The average Bonchev–Trinajstić information content (AvgIpc) is 3.46. The van der Waals surface area contributed by atoms with E-state index in [0.29, 0.717) is 36.8 Å². The van der Waals surface area contributed by atoms with Crippen LogP contribution < -0.4 is 15.0 Å². The number of rotatable bonds is 6. The zero-order valence-electron chi connectivity index (χ0n) is 17.7. The van der Waals surface area contributed by atoms with Crippen LogP contribution in [-0.4, -0.2) is 36.3 Å². The number of fused-ring (bicyclic) bond motifs is 2. The van der Waals surface area contributed by atoms with E-state index >= 15 is 0 Å². The molecule has 2 aromatic rings. The molecule has 1 aromatic carbocycles. The second kappa shape index (κ2) is 7.36. The minimum absolute atomic E-state index is 0.00112. The number of nitrogens with zero attached hydrogens (tertiary/aromatic N) is 2. The Morgan fingerprint density at radius 2 is 1.82 bits per heavy atom. The molecule has 6 rings (SSSR count). The lowest BCUT2D eigenvalue weighted by Gasteiger charge is -2.16. The van der Waals surface area contributed by atoms with Gasteiger partial charge in [-0.1, -0.05) is 0 Å². The van der Waals surface area contributed by atoms with Crippen molar-refractivity contribution < 1.29 is 31.5 Å². The van der Waals surface area contributed by atoms with Crippen molar-refractivity contribution in [2.24, 2.45) is 23.7 Å². The normalized spacial score (nSPS) is 29.6. The summed E-state index contributed by atoms with van der Waals surface area (Å²) in [6, 6.07) is 4.01. The topological polar surface area (TPSA) is 67.6 Å². The van der Waals surface area contributed by atoms with Gasteiger partial charge in [0.05, 0.1) is 6.10 Å². The van der Waals surface area contributed by atoms with Crippen molar-refractivity contribution in [3.05, 3.63) is 35.5 Å². The number of ether oxygens (including phenoxy) is 1. The number of hydrogen-bond acceptors (Lipinski definition) is 5. The summed E-state index contributed by atoms with van der Waals surface area (Å²) in [7, 11) is 0. The second-order valence-corrected chi connectivity index (χ2v) is 9.79. The molecule has 1 saturated heterocycles. The van der Waals surface area contributed by atoms with Crippen LogP contribution in [0.1, 0.15) is 41.9 Å². The van der Waals surface area contributed by atoms with Crippen LogP contribution in [0.3, 0.4) is 0 Å². The van der Waals surface area contributed by atoms with E-state index in [1.807, 2.05) is 0 Å². The monoisotopic (exact) mass is 465 g/mol. The Hall–Kier alpha value is -2.78. The van der Waals surface area contributed by atoms with Crippen LogP contribution in [-0.2, 0) is 6.42 Å². The van der Waals surface area contributed by atoms with Gasteiger partial charge in [-0.05, 0) is 61.5 Å². The highest BCUT2D eigenvalue weighted by molar-refractivity contribution is 6.03. The molecule has 3 saturated carbocycles. The van der Waals surface area contributed by atoms with Crippen LogP contribution in [0.5, 0.6) is 5.75 Å². The molecule has 1 N–H and O–H groups in total. The standard InChI is InChI=1S/C23H23F4N3O3/c24-17-7-15(1-2-18(17)32-16-5-11-3-12(11)6-16)28-21(31)20-19(8-23(25,26)27)33-22(29-20)30-9-13-4-14(13)10-30/h1-2,7,11-14,16H,3-6,8-10H2,(H,28,31). The fourth-order valence-corrected chi connectivity index (χ4v) is 5.31. The highest BCUT2D eigenvalue weighted by Crippen LogP contribution is 2.52. The molecule has 4 atom stereocenters. The third-order valence-electron chi connectivity index (χ3n) is 7.20. The molecule has 1 aliphatic heterocycles. The molecular formula is C23H23F4N3O3. The highest BCUT2D eigenvalue weighted by atomic mass is 19.4. The lowest BCUT2D eigenvalue weighted by Crippen LogP contribution is -2.22. The van der Waals surface area contributed by atoms with E-state index in [2.05, 4.69) is 10.3 Å². The van der Waals surface area contributed by atoms with Crippen molar-refractivity contribution in [2.75, 3.05) is 23.3 Å². The minimum atomic E-state index is -4.56. The summed E-state index contributed by atoms with van der Waals surface area (Å²) in [5.74, 6) is 0.461. The average molecular weight is 465 g/mol. The smallest absolute Gasteiger partial charge is 0.396 e. The van der Waals surface area contributed by atoms with Gasteiger partial charge in [0, 0.05) is 24.8 Å². The first-order chi connectivity index (χ1) is 15.7. The molecule has 4 aliphatic rings. The van der Waals surface area contributed by atoms with Gasteiger partial charge in [-0.2, -0.15) is 18.2 Å². The number of halogens is 4. The summed E-state index contributed by atoms with van der Waals surface area (Å²) in [5, 5.41) is 2.44. The van der Waals surface area contributed by atoms with Crippen molar-refractivity contribution in [2.45, 2.75) is 44.4 Å². The van der Waals surface area contributed by atoms with Gasteiger partial charge in [0.1, 0.15) is 12.2 Å². The molecule has 176 valence electrons. The van der Waals surface area contributed by atoms with E-state index in [0.717, 1.165) is 25.3 Å². The van der Waals surface area contributed by atoms with E-state index in [4.69, 9.17) is 9.15 Å². The zero-order valence-corrected chi connectivity index (χ0v) is 17.7. The Labute approximate surface area is 187 Å². The Morgan fingerprint density at radius 1 is 1.12 bits per heavy atom. The highest BCUT2D eigenvalue weighted by Gasteiger charge is 2.48. The third kappa shape index (κ3) is 4.27. The molecule has 2 heterocycles. The maximum atomic E-state index is 14.5. The quantitative estimate of drug-likeness (QED) is 0.621. The summed E-state index contributed by atoms with van der Waals surface area (Å²) in [6.45, 7) is 1.32. The predicted molar refractivity (Wildman–Crippen MR) is 110 cm³/mol. The van der Waals surface area contributed by atoms with E-state index in [1.54, 1.807) is 4.90 Å². The third-order valence-corrected chi connectivity index (χ3v) is 7.20. The van der Waals surface area contributed by atoms with Crippen LogP contribution in [0.25, 0.3) is 0 Å². The van der Waals surface area contributed by atoms with E-state index in [1.165, 1.54) is 18.6 Å². The Balaban J connectivity index is 1.17. The van der Waals surface area contributed by atoms with Crippen molar-refractivity contribution in [1.29, 1.82) is 0 Å². The fourth-order valence-electron chi connectivity index (χ4n) is 5.31. The summed E-state index contributed by atoms with van der Waals surface area (Å²) in [5.41, 5.74) is -0.335. The van der Waals surface area contributed by atoms with E-state index in [9.17, 15) is 22.4 Å². The molecule has 0 radical (unpaired) electrons. The molecule has 6 nitrogen and oxygen atoms in total. The SMILES string of the molecule is O=C(Nc1ccc(OC2CC3CC3C2)c(F)c1)c1nc(N2CC3CC3C2)oc1CC(F)(F)F. The first-order valence-electron chi connectivity index (χ1n) is 11.3. The van der Waals surface area contributed by atoms with Crippen LogP contribution in [0, 0.1) is 29.5 Å². The van der Waals surface area contributed by atoms with Crippen molar-refractivity contribution >= 4 is 17.6 Å². The summed E-state index contributed by atoms with van der Waals surface area (Å²) in [4.78, 5) is 18.6. The Morgan fingerprint density at radius 3 is 2.48 bits per heavy atom.